The van der Waals surface area contributed by atoms with Gasteiger partial charge in [0.05, 0.1) is 6.61 Å². The average Bonchev–Trinajstić information content (AvgIpc) is 3.19. The van der Waals surface area contributed by atoms with E-state index in [4.69, 9.17) is 4.74 Å². The topological polar surface area (TPSA) is 52.8 Å². The maximum absolute atomic E-state index is 5.58. The molecule has 0 amide bonds. The fraction of sp³-hybridized carbons (Fsp3) is 0.136. The molecular formula is C22H19BrN4OS. The first-order valence-electron chi connectivity index (χ1n) is 9.21. The number of benzene rings is 2. The van der Waals surface area contributed by atoms with Crippen LogP contribution in [0.4, 0.5) is 0 Å². The highest BCUT2D eigenvalue weighted by Crippen LogP contribution is 2.30. The molecular weight excluding hydrogens is 448 g/mol. The Morgan fingerprint density at radius 3 is 2.34 bits per heavy atom. The summed E-state index contributed by atoms with van der Waals surface area (Å²) in [4.78, 5) is 4.11. The van der Waals surface area contributed by atoms with Crippen LogP contribution in [0.25, 0.3) is 17.1 Å². The van der Waals surface area contributed by atoms with E-state index in [2.05, 4.69) is 59.9 Å². The maximum Gasteiger partial charge on any atom is 0.196 e. The molecule has 29 heavy (non-hydrogen) atoms. The molecule has 0 fully saturated rings. The molecule has 5 nitrogen and oxygen atoms in total. The number of pyridine rings is 1. The highest BCUT2D eigenvalue weighted by atomic mass is 79.9. The zero-order chi connectivity index (χ0) is 20.1. The van der Waals surface area contributed by atoms with E-state index in [-0.39, 0.29) is 0 Å². The van der Waals surface area contributed by atoms with Gasteiger partial charge >= 0.3 is 0 Å². The van der Waals surface area contributed by atoms with E-state index in [1.165, 1.54) is 5.56 Å². The van der Waals surface area contributed by atoms with E-state index in [1.54, 1.807) is 24.2 Å². The van der Waals surface area contributed by atoms with Crippen LogP contribution in [-0.2, 0) is 5.75 Å². The molecule has 0 unspecified atom stereocenters. The maximum atomic E-state index is 5.58. The van der Waals surface area contributed by atoms with Crippen LogP contribution in [0.1, 0.15) is 12.5 Å². The summed E-state index contributed by atoms with van der Waals surface area (Å²) in [6, 6.07) is 20.2. The van der Waals surface area contributed by atoms with Gasteiger partial charge in [-0.2, -0.15) is 0 Å². The molecule has 146 valence electrons. The number of ether oxygens (including phenoxy) is 1. The summed E-state index contributed by atoms with van der Waals surface area (Å²) >= 11 is 5.14. The summed E-state index contributed by atoms with van der Waals surface area (Å²) in [7, 11) is 0. The molecule has 4 rings (SSSR count). The van der Waals surface area contributed by atoms with Crippen molar-refractivity contribution in [1.82, 2.24) is 19.7 Å². The molecule has 0 N–H and O–H groups in total. The summed E-state index contributed by atoms with van der Waals surface area (Å²) in [5, 5.41) is 9.79. The molecule has 0 bridgehead atoms. The molecule has 0 aliphatic heterocycles. The number of halogens is 1. The fourth-order valence-electron chi connectivity index (χ4n) is 2.87. The zero-order valence-electron chi connectivity index (χ0n) is 15.8. The summed E-state index contributed by atoms with van der Waals surface area (Å²) in [6.07, 6.45) is 3.53. The van der Waals surface area contributed by atoms with Crippen LogP contribution < -0.4 is 4.74 Å². The predicted octanol–water partition coefficient (Wildman–Crippen LogP) is 5.78. The first-order valence-corrected chi connectivity index (χ1v) is 11.0. The van der Waals surface area contributed by atoms with Gasteiger partial charge in [0.1, 0.15) is 5.75 Å². The molecule has 0 aliphatic rings. The van der Waals surface area contributed by atoms with Crippen molar-refractivity contribution < 1.29 is 4.74 Å². The summed E-state index contributed by atoms with van der Waals surface area (Å²) in [6.45, 7) is 2.62. The smallest absolute Gasteiger partial charge is 0.196 e. The minimum absolute atomic E-state index is 0.641. The Morgan fingerprint density at radius 2 is 1.66 bits per heavy atom. The number of rotatable bonds is 7. The van der Waals surface area contributed by atoms with E-state index in [0.717, 1.165) is 38.2 Å². The van der Waals surface area contributed by atoms with Gasteiger partial charge in [0.25, 0.3) is 0 Å². The summed E-state index contributed by atoms with van der Waals surface area (Å²) < 4.78 is 8.73. The van der Waals surface area contributed by atoms with Gasteiger partial charge in [0, 0.05) is 33.9 Å². The van der Waals surface area contributed by atoms with Crippen molar-refractivity contribution in [3.05, 3.63) is 83.1 Å². The molecule has 7 heteroatoms. The van der Waals surface area contributed by atoms with Crippen molar-refractivity contribution >= 4 is 27.7 Å². The second-order valence-corrected chi connectivity index (χ2v) is 8.08. The predicted molar refractivity (Wildman–Crippen MR) is 119 cm³/mol. The van der Waals surface area contributed by atoms with E-state index >= 15 is 0 Å². The van der Waals surface area contributed by atoms with Crippen molar-refractivity contribution in [2.45, 2.75) is 17.8 Å². The molecule has 0 radical (unpaired) electrons. The van der Waals surface area contributed by atoms with Gasteiger partial charge in [-0.15, -0.1) is 10.2 Å². The van der Waals surface area contributed by atoms with Gasteiger partial charge in [0.2, 0.25) is 0 Å². The number of nitrogens with zero attached hydrogens (tertiary/aromatic N) is 4. The van der Waals surface area contributed by atoms with E-state index < -0.39 is 0 Å². The lowest BCUT2D eigenvalue weighted by Gasteiger charge is -2.11. The third kappa shape index (κ3) is 4.68. The van der Waals surface area contributed by atoms with Crippen LogP contribution in [0, 0.1) is 0 Å². The lowest BCUT2D eigenvalue weighted by atomic mass is 10.2. The Hall–Kier alpha value is -2.64. The quantitative estimate of drug-likeness (QED) is 0.323. The highest BCUT2D eigenvalue weighted by Gasteiger charge is 2.16. The Labute approximate surface area is 182 Å². The number of hydrogen-bond acceptors (Lipinski definition) is 5. The molecule has 2 aromatic heterocycles. The number of thioether (sulfide) groups is 1. The van der Waals surface area contributed by atoms with Gasteiger partial charge in [-0.05, 0) is 61.0 Å². The second kappa shape index (κ2) is 9.24. The molecule has 0 aliphatic carbocycles. The van der Waals surface area contributed by atoms with Crippen LogP contribution in [0.5, 0.6) is 5.75 Å². The Morgan fingerprint density at radius 1 is 0.931 bits per heavy atom. The van der Waals surface area contributed by atoms with E-state index in [9.17, 15) is 0 Å². The average molecular weight is 467 g/mol. The van der Waals surface area contributed by atoms with Gasteiger partial charge in [0.15, 0.2) is 11.0 Å². The third-order valence-electron chi connectivity index (χ3n) is 4.26. The first-order chi connectivity index (χ1) is 14.2. The van der Waals surface area contributed by atoms with E-state index in [0.29, 0.717) is 6.61 Å². The monoisotopic (exact) mass is 466 g/mol. The fourth-order valence-corrected chi connectivity index (χ4v) is 4.04. The third-order valence-corrected chi connectivity index (χ3v) is 5.79. The molecule has 0 atom stereocenters. The molecule has 0 saturated carbocycles. The Bertz CT molecular complexity index is 1070. The second-order valence-electron chi connectivity index (χ2n) is 6.22. The molecule has 2 heterocycles. The van der Waals surface area contributed by atoms with Crippen LogP contribution in [0.3, 0.4) is 0 Å². The molecule has 2 aromatic carbocycles. The van der Waals surface area contributed by atoms with Crippen molar-refractivity contribution in [2.24, 2.45) is 0 Å². The number of aromatic nitrogens is 4. The van der Waals surface area contributed by atoms with Crippen LogP contribution >= 0.6 is 27.7 Å². The van der Waals surface area contributed by atoms with Crippen LogP contribution in [0.2, 0.25) is 0 Å². The first kappa shape index (κ1) is 19.7. The Kier molecular flexibility index (Phi) is 6.27. The standard InChI is InChI=1S/C22H19BrN4OS/c1-2-28-20-9-7-19(8-10-20)27-21(17-11-13-24-14-12-17)25-26-22(27)29-15-16-3-5-18(23)6-4-16/h3-14H,2,15H2,1H3. The minimum Gasteiger partial charge on any atom is -0.494 e. The SMILES string of the molecule is CCOc1ccc(-n2c(SCc3ccc(Br)cc3)nnc2-c2ccncc2)cc1. The minimum atomic E-state index is 0.641. The Balaban J connectivity index is 1.69. The number of hydrogen-bond donors (Lipinski definition) is 0. The lowest BCUT2D eigenvalue weighted by molar-refractivity contribution is 0.340. The van der Waals surface area contributed by atoms with Crippen LogP contribution in [-0.4, -0.2) is 26.4 Å². The highest BCUT2D eigenvalue weighted by molar-refractivity contribution is 9.10. The molecule has 0 spiro atoms. The molecule has 4 aromatic rings. The van der Waals surface area contributed by atoms with Crippen LogP contribution in [0.15, 0.2) is 82.7 Å². The summed E-state index contributed by atoms with van der Waals surface area (Å²) in [5.74, 6) is 2.44. The van der Waals surface area contributed by atoms with Gasteiger partial charge in [-0.1, -0.05) is 39.8 Å². The van der Waals surface area contributed by atoms with Crippen molar-refractivity contribution in [3.63, 3.8) is 0 Å². The largest absolute Gasteiger partial charge is 0.494 e. The van der Waals surface area contributed by atoms with E-state index in [1.807, 2.05) is 43.3 Å². The molecule has 0 saturated heterocycles. The lowest BCUT2D eigenvalue weighted by Crippen LogP contribution is -2.00. The summed E-state index contributed by atoms with van der Waals surface area (Å²) in [5.41, 5.74) is 3.19. The van der Waals surface area contributed by atoms with Gasteiger partial charge in [-0.25, -0.2) is 0 Å². The van der Waals surface area contributed by atoms with Gasteiger partial charge in [-0.3, -0.25) is 9.55 Å². The van der Waals surface area contributed by atoms with Gasteiger partial charge < -0.3 is 4.74 Å². The van der Waals surface area contributed by atoms with Crippen molar-refractivity contribution in [1.29, 1.82) is 0 Å². The van der Waals surface area contributed by atoms with Crippen molar-refractivity contribution in [3.8, 4) is 22.8 Å². The van der Waals surface area contributed by atoms with Crippen molar-refractivity contribution in [2.75, 3.05) is 6.61 Å². The zero-order valence-corrected chi connectivity index (χ0v) is 18.2. The normalized spacial score (nSPS) is 10.8.